The maximum Gasteiger partial charge on any atom is 0.0512 e. The molecule has 0 aliphatic carbocycles. The van der Waals surface area contributed by atoms with E-state index in [1.54, 1.807) is 0 Å². The molecule has 2 unspecified atom stereocenters. The molecule has 2 atom stereocenters. The predicted octanol–water partition coefficient (Wildman–Crippen LogP) is 1.90. The van der Waals surface area contributed by atoms with Crippen LogP contribution in [0.3, 0.4) is 0 Å². The van der Waals surface area contributed by atoms with E-state index in [-0.39, 0.29) is 6.10 Å². The zero-order valence-electron chi connectivity index (χ0n) is 10.8. The summed E-state index contributed by atoms with van der Waals surface area (Å²) in [5, 5.41) is 9.15. The standard InChI is InChI=1S/C13H27NO2/c1-12(15)6-3-4-8-14(2)10-13-7-5-9-16-11-13/h12-13,15H,3-11H2,1-2H3. The number of ether oxygens (including phenoxy) is 1. The first kappa shape index (κ1) is 13.9. The highest BCUT2D eigenvalue weighted by molar-refractivity contribution is 4.67. The quantitative estimate of drug-likeness (QED) is 0.677. The first-order chi connectivity index (χ1) is 7.68. The third-order valence-corrected chi connectivity index (χ3v) is 3.24. The van der Waals surface area contributed by atoms with Crippen LogP contribution in [-0.2, 0) is 4.74 Å². The van der Waals surface area contributed by atoms with Crippen molar-refractivity contribution in [1.29, 1.82) is 0 Å². The summed E-state index contributed by atoms with van der Waals surface area (Å²) in [6, 6.07) is 0. The molecule has 0 spiro atoms. The van der Waals surface area contributed by atoms with Gasteiger partial charge in [0.05, 0.1) is 12.7 Å². The molecule has 1 N–H and O–H groups in total. The highest BCUT2D eigenvalue weighted by Crippen LogP contribution is 2.14. The van der Waals surface area contributed by atoms with Crippen LogP contribution in [0.25, 0.3) is 0 Å². The minimum Gasteiger partial charge on any atom is -0.393 e. The number of aliphatic hydroxyl groups excluding tert-OH is 1. The van der Waals surface area contributed by atoms with Crippen LogP contribution in [0.1, 0.15) is 39.0 Å². The van der Waals surface area contributed by atoms with Gasteiger partial charge < -0.3 is 14.7 Å². The second-order valence-electron chi connectivity index (χ2n) is 5.19. The predicted molar refractivity (Wildman–Crippen MR) is 66.6 cm³/mol. The second kappa shape index (κ2) is 8.04. The Kier molecular flexibility index (Phi) is 7.01. The van der Waals surface area contributed by atoms with E-state index in [0.717, 1.165) is 45.1 Å². The Morgan fingerprint density at radius 2 is 2.25 bits per heavy atom. The molecular weight excluding hydrogens is 202 g/mol. The Morgan fingerprint density at radius 1 is 1.44 bits per heavy atom. The van der Waals surface area contributed by atoms with Crippen LogP contribution in [0.4, 0.5) is 0 Å². The molecule has 1 aliphatic heterocycles. The largest absolute Gasteiger partial charge is 0.393 e. The number of hydrogen-bond donors (Lipinski definition) is 1. The van der Waals surface area contributed by atoms with Crippen molar-refractivity contribution >= 4 is 0 Å². The smallest absolute Gasteiger partial charge is 0.0512 e. The Hall–Kier alpha value is -0.120. The summed E-state index contributed by atoms with van der Waals surface area (Å²) in [5.41, 5.74) is 0. The molecule has 1 heterocycles. The van der Waals surface area contributed by atoms with E-state index < -0.39 is 0 Å². The number of rotatable bonds is 7. The van der Waals surface area contributed by atoms with Crippen molar-refractivity contribution in [3.63, 3.8) is 0 Å². The minimum atomic E-state index is -0.142. The molecule has 3 heteroatoms. The van der Waals surface area contributed by atoms with Crippen LogP contribution < -0.4 is 0 Å². The zero-order chi connectivity index (χ0) is 11.8. The van der Waals surface area contributed by atoms with Gasteiger partial charge in [-0.2, -0.15) is 0 Å². The second-order valence-corrected chi connectivity index (χ2v) is 5.19. The summed E-state index contributed by atoms with van der Waals surface area (Å²) in [6.45, 7) is 6.06. The van der Waals surface area contributed by atoms with E-state index in [1.807, 2.05) is 6.92 Å². The van der Waals surface area contributed by atoms with Gasteiger partial charge >= 0.3 is 0 Å². The maximum absolute atomic E-state index is 9.15. The van der Waals surface area contributed by atoms with Crippen LogP contribution in [0, 0.1) is 5.92 Å². The number of unbranched alkanes of at least 4 members (excludes halogenated alkanes) is 1. The fraction of sp³-hybridized carbons (Fsp3) is 1.00. The molecule has 16 heavy (non-hydrogen) atoms. The van der Waals surface area contributed by atoms with Gasteiger partial charge in [-0.15, -0.1) is 0 Å². The van der Waals surface area contributed by atoms with Crippen molar-refractivity contribution in [2.24, 2.45) is 5.92 Å². The van der Waals surface area contributed by atoms with Gasteiger partial charge in [-0.05, 0) is 58.5 Å². The zero-order valence-corrected chi connectivity index (χ0v) is 10.8. The van der Waals surface area contributed by atoms with Crippen LogP contribution in [0.5, 0.6) is 0 Å². The van der Waals surface area contributed by atoms with E-state index in [4.69, 9.17) is 9.84 Å². The average Bonchev–Trinajstić information content (AvgIpc) is 2.25. The Labute approximate surface area is 99.8 Å². The van der Waals surface area contributed by atoms with Gasteiger partial charge in [0.25, 0.3) is 0 Å². The maximum atomic E-state index is 9.15. The number of hydrogen-bond acceptors (Lipinski definition) is 3. The fourth-order valence-electron chi connectivity index (χ4n) is 2.30. The molecular formula is C13H27NO2. The van der Waals surface area contributed by atoms with Crippen molar-refractivity contribution in [1.82, 2.24) is 4.90 Å². The summed E-state index contributed by atoms with van der Waals surface area (Å²) >= 11 is 0. The van der Waals surface area contributed by atoms with Gasteiger partial charge in [0.15, 0.2) is 0 Å². The third kappa shape index (κ3) is 6.46. The molecule has 1 aliphatic rings. The lowest BCUT2D eigenvalue weighted by atomic mass is 10.0. The van der Waals surface area contributed by atoms with E-state index in [2.05, 4.69) is 11.9 Å². The fourth-order valence-corrected chi connectivity index (χ4v) is 2.30. The van der Waals surface area contributed by atoms with E-state index in [1.165, 1.54) is 19.3 Å². The van der Waals surface area contributed by atoms with Gasteiger partial charge in [-0.3, -0.25) is 0 Å². The number of nitrogens with zero attached hydrogens (tertiary/aromatic N) is 1. The molecule has 0 bridgehead atoms. The molecule has 3 nitrogen and oxygen atoms in total. The molecule has 0 aromatic rings. The highest BCUT2D eigenvalue weighted by atomic mass is 16.5. The van der Waals surface area contributed by atoms with E-state index in [0.29, 0.717) is 0 Å². The Bertz CT molecular complexity index is 167. The van der Waals surface area contributed by atoms with Crippen LogP contribution in [0.15, 0.2) is 0 Å². The third-order valence-electron chi connectivity index (χ3n) is 3.24. The normalized spacial score (nSPS) is 23.6. The van der Waals surface area contributed by atoms with Crippen molar-refractivity contribution in [2.45, 2.75) is 45.1 Å². The Morgan fingerprint density at radius 3 is 2.88 bits per heavy atom. The summed E-state index contributed by atoms with van der Waals surface area (Å²) < 4.78 is 5.48. The van der Waals surface area contributed by atoms with Gasteiger partial charge in [0.2, 0.25) is 0 Å². The first-order valence-corrected chi connectivity index (χ1v) is 6.63. The molecule has 1 fully saturated rings. The topological polar surface area (TPSA) is 32.7 Å². The van der Waals surface area contributed by atoms with Crippen LogP contribution in [0.2, 0.25) is 0 Å². The van der Waals surface area contributed by atoms with Crippen molar-refractivity contribution in [3.8, 4) is 0 Å². The minimum absolute atomic E-state index is 0.142. The van der Waals surface area contributed by atoms with Crippen molar-refractivity contribution < 1.29 is 9.84 Å². The molecule has 0 amide bonds. The first-order valence-electron chi connectivity index (χ1n) is 6.63. The van der Waals surface area contributed by atoms with E-state index in [9.17, 15) is 0 Å². The lowest BCUT2D eigenvalue weighted by Crippen LogP contribution is -2.31. The SMILES string of the molecule is CC(O)CCCCN(C)CC1CCCOC1. The van der Waals surface area contributed by atoms with Gasteiger partial charge in [0, 0.05) is 13.2 Å². The van der Waals surface area contributed by atoms with Crippen LogP contribution in [-0.4, -0.2) is 49.5 Å². The molecule has 1 rings (SSSR count). The van der Waals surface area contributed by atoms with Crippen molar-refractivity contribution in [3.05, 3.63) is 0 Å². The molecule has 0 saturated carbocycles. The average molecular weight is 229 g/mol. The van der Waals surface area contributed by atoms with Gasteiger partial charge in [-0.1, -0.05) is 0 Å². The van der Waals surface area contributed by atoms with Gasteiger partial charge in [-0.25, -0.2) is 0 Å². The number of aliphatic hydroxyl groups is 1. The summed E-state index contributed by atoms with van der Waals surface area (Å²) in [7, 11) is 2.19. The Balaban J connectivity index is 1.99. The van der Waals surface area contributed by atoms with Gasteiger partial charge in [0.1, 0.15) is 0 Å². The lowest BCUT2D eigenvalue weighted by molar-refractivity contribution is 0.0418. The molecule has 96 valence electrons. The lowest BCUT2D eigenvalue weighted by Gasteiger charge is -2.27. The summed E-state index contributed by atoms with van der Waals surface area (Å²) in [6.07, 6.45) is 5.65. The molecule has 1 saturated heterocycles. The molecule has 0 radical (unpaired) electrons. The summed E-state index contributed by atoms with van der Waals surface area (Å²) in [4.78, 5) is 2.40. The van der Waals surface area contributed by atoms with Crippen LogP contribution >= 0.6 is 0 Å². The molecule has 0 aromatic heterocycles. The summed E-state index contributed by atoms with van der Waals surface area (Å²) in [5.74, 6) is 0.732. The molecule has 0 aromatic carbocycles. The van der Waals surface area contributed by atoms with E-state index >= 15 is 0 Å². The van der Waals surface area contributed by atoms with Crippen molar-refractivity contribution in [2.75, 3.05) is 33.4 Å². The monoisotopic (exact) mass is 229 g/mol. The highest BCUT2D eigenvalue weighted by Gasteiger charge is 2.15.